The number of rotatable bonds is 5. The van der Waals surface area contributed by atoms with Crippen molar-refractivity contribution in [3.05, 3.63) is 22.3 Å². The van der Waals surface area contributed by atoms with Crippen molar-refractivity contribution in [1.82, 2.24) is 10.3 Å². The van der Waals surface area contributed by atoms with Crippen LogP contribution in [0.5, 0.6) is 0 Å². The average molecular weight is 350 g/mol. The van der Waals surface area contributed by atoms with Gasteiger partial charge in [0.1, 0.15) is 5.82 Å². The van der Waals surface area contributed by atoms with E-state index in [0.29, 0.717) is 29.0 Å². The molecule has 9 heteroatoms. The number of amides is 1. The molecule has 19 heavy (non-hydrogen) atoms. The molecule has 0 aliphatic carbocycles. The molecule has 1 rings (SSSR count). The number of hydrogen-bond acceptors (Lipinski definition) is 4. The fraction of sp³-hybridized carbons (Fsp3) is 0.400. The van der Waals surface area contributed by atoms with Crippen LogP contribution in [-0.4, -0.2) is 30.0 Å². The van der Waals surface area contributed by atoms with Crippen LogP contribution in [0.25, 0.3) is 0 Å². The summed E-state index contributed by atoms with van der Waals surface area (Å²) >= 11 is 11.6. The topological polar surface area (TPSA) is 80.0 Å². The Bertz CT molecular complexity index is 403. The molecule has 110 valence electrons. The van der Waals surface area contributed by atoms with Gasteiger partial charge in [0.25, 0.3) is 0 Å². The molecule has 0 bridgehead atoms. The summed E-state index contributed by atoms with van der Waals surface area (Å²) in [6, 6.07) is 1.09. The Morgan fingerprint density at radius 3 is 2.58 bits per heavy atom. The van der Waals surface area contributed by atoms with Crippen LogP contribution in [-0.2, 0) is 4.79 Å². The third-order valence-electron chi connectivity index (χ3n) is 1.94. The normalized spacial score (nSPS) is 10.7. The lowest BCUT2D eigenvalue weighted by molar-refractivity contribution is -0.121. The number of anilines is 1. The maximum Gasteiger partial charge on any atom is 0.236 e. The second-order valence-electron chi connectivity index (χ2n) is 3.49. The summed E-state index contributed by atoms with van der Waals surface area (Å²) in [5.74, 6) is 0.341. The molecule has 5 nitrogen and oxygen atoms in total. The summed E-state index contributed by atoms with van der Waals surface area (Å²) in [5.41, 5.74) is 5.39. The molecule has 1 atom stereocenters. The Morgan fingerprint density at radius 2 is 2.05 bits per heavy atom. The van der Waals surface area contributed by atoms with Gasteiger partial charge in [0.2, 0.25) is 5.91 Å². The van der Waals surface area contributed by atoms with Gasteiger partial charge in [-0.15, -0.1) is 24.8 Å². The first-order valence-electron chi connectivity index (χ1n) is 5.09. The van der Waals surface area contributed by atoms with Gasteiger partial charge < -0.3 is 16.4 Å². The van der Waals surface area contributed by atoms with Crippen LogP contribution in [0.2, 0.25) is 10.0 Å². The Kier molecular flexibility index (Phi) is 11.3. The fourth-order valence-corrected chi connectivity index (χ4v) is 1.52. The predicted octanol–water partition coefficient (Wildman–Crippen LogP) is 2.11. The molecule has 0 aromatic carbocycles. The van der Waals surface area contributed by atoms with Crippen molar-refractivity contribution >= 4 is 59.7 Å². The van der Waals surface area contributed by atoms with Crippen molar-refractivity contribution in [2.24, 2.45) is 5.73 Å². The van der Waals surface area contributed by atoms with Gasteiger partial charge in [0.05, 0.1) is 16.1 Å². The lowest BCUT2D eigenvalue weighted by Gasteiger charge is -2.09. The predicted molar refractivity (Wildman–Crippen MR) is 83.9 cm³/mol. The molecule has 1 aromatic heterocycles. The van der Waals surface area contributed by atoms with E-state index < -0.39 is 6.04 Å². The fourth-order valence-electron chi connectivity index (χ4n) is 1.07. The number of carbonyl (C=O) groups is 1. The van der Waals surface area contributed by atoms with Gasteiger partial charge in [-0.3, -0.25) is 4.79 Å². The van der Waals surface area contributed by atoms with E-state index in [2.05, 4.69) is 15.6 Å². The van der Waals surface area contributed by atoms with Crippen molar-refractivity contribution in [2.45, 2.75) is 13.0 Å². The Hall–Kier alpha value is -0.460. The van der Waals surface area contributed by atoms with Gasteiger partial charge in [-0.05, 0) is 13.0 Å². The van der Waals surface area contributed by atoms with E-state index in [-0.39, 0.29) is 30.7 Å². The van der Waals surface area contributed by atoms with Crippen molar-refractivity contribution in [3.63, 3.8) is 0 Å². The summed E-state index contributed by atoms with van der Waals surface area (Å²) < 4.78 is 0. The average Bonchev–Trinajstić information content (AvgIpc) is 2.26. The molecule has 1 aromatic rings. The van der Waals surface area contributed by atoms with Crippen LogP contribution < -0.4 is 16.4 Å². The van der Waals surface area contributed by atoms with Crippen LogP contribution >= 0.6 is 48.0 Å². The van der Waals surface area contributed by atoms with Crippen molar-refractivity contribution in [3.8, 4) is 0 Å². The van der Waals surface area contributed by atoms with Gasteiger partial charge in [0, 0.05) is 19.3 Å². The van der Waals surface area contributed by atoms with Gasteiger partial charge in [-0.1, -0.05) is 23.2 Å². The molecule has 0 aliphatic heterocycles. The maximum absolute atomic E-state index is 11.1. The van der Waals surface area contributed by atoms with Crippen LogP contribution in [0.15, 0.2) is 12.3 Å². The molecule has 1 heterocycles. The molecular formula is C10H16Cl4N4O. The lowest BCUT2D eigenvalue weighted by atomic mass is 10.3. The first-order chi connectivity index (χ1) is 8.00. The van der Waals surface area contributed by atoms with E-state index in [4.69, 9.17) is 28.9 Å². The molecule has 0 fully saturated rings. The highest BCUT2D eigenvalue weighted by Crippen LogP contribution is 2.21. The van der Waals surface area contributed by atoms with E-state index in [1.807, 2.05) is 0 Å². The highest BCUT2D eigenvalue weighted by atomic mass is 35.5. The third kappa shape index (κ3) is 7.64. The minimum atomic E-state index is -0.507. The number of aromatic nitrogens is 1. The maximum atomic E-state index is 11.1. The number of halogens is 4. The van der Waals surface area contributed by atoms with Gasteiger partial charge in [-0.2, -0.15) is 0 Å². The lowest BCUT2D eigenvalue weighted by Crippen LogP contribution is -2.40. The standard InChI is InChI=1S/C10H14Cl2N4O.2ClH/c1-6(13)10(17)15-3-2-14-9-8(12)4-7(11)5-16-9;;/h4-6H,2-3,13H2,1H3,(H,14,16)(H,15,17);2*1H/t6-;;/m1../s1. The highest BCUT2D eigenvalue weighted by molar-refractivity contribution is 6.35. The molecule has 0 spiro atoms. The van der Waals surface area contributed by atoms with E-state index in [0.717, 1.165) is 0 Å². The summed E-state index contributed by atoms with van der Waals surface area (Å²) in [7, 11) is 0. The number of carbonyl (C=O) groups excluding carboxylic acids is 1. The Morgan fingerprint density at radius 1 is 1.42 bits per heavy atom. The van der Waals surface area contributed by atoms with Crippen LogP contribution in [0.1, 0.15) is 6.92 Å². The summed E-state index contributed by atoms with van der Waals surface area (Å²) in [4.78, 5) is 15.2. The molecule has 0 saturated carbocycles. The number of nitrogens with two attached hydrogens (primary N) is 1. The second kappa shape index (κ2) is 10.3. The van der Waals surface area contributed by atoms with E-state index in [1.54, 1.807) is 13.0 Å². The van der Waals surface area contributed by atoms with E-state index in [1.165, 1.54) is 6.20 Å². The quantitative estimate of drug-likeness (QED) is 0.711. The minimum Gasteiger partial charge on any atom is -0.367 e. The number of nitrogens with one attached hydrogen (secondary N) is 2. The summed E-state index contributed by atoms with van der Waals surface area (Å²) in [6.45, 7) is 2.58. The molecule has 4 N–H and O–H groups in total. The SMILES string of the molecule is C[C@@H](N)C(=O)NCCNc1ncc(Cl)cc1Cl.Cl.Cl. The number of nitrogens with zero attached hydrogens (tertiary/aromatic N) is 1. The van der Waals surface area contributed by atoms with E-state index >= 15 is 0 Å². The largest absolute Gasteiger partial charge is 0.367 e. The first-order valence-corrected chi connectivity index (χ1v) is 5.84. The zero-order chi connectivity index (χ0) is 12.8. The smallest absolute Gasteiger partial charge is 0.236 e. The highest BCUT2D eigenvalue weighted by Gasteiger charge is 2.06. The molecule has 0 unspecified atom stereocenters. The molecule has 1 amide bonds. The van der Waals surface area contributed by atoms with E-state index in [9.17, 15) is 4.79 Å². The number of pyridine rings is 1. The first kappa shape index (κ1) is 20.8. The van der Waals surface area contributed by atoms with Crippen LogP contribution in [0, 0.1) is 0 Å². The zero-order valence-electron chi connectivity index (χ0n) is 10.2. The van der Waals surface area contributed by atoms with Crippen LogP contribution in [0.3, 0.4) is 0 Å². The van der Waals surface area contributed by atoms with Crippen molar-refractivity contribution < 1.29 is 4.79 Å². The Labute approximate surface area is 134 Å². The Balaban J connectivity index is 0. The van der Waals surface area contributed by atoms with Crippen molar-refractivity contribution in [1.29, 1.82) is 0 Å². The summed E-state index contributed by atoms with van der Waals surface area (Å²) in [5, 5.41) is 6.56. The molecular weight excluding hydrogens is 334 g/mol. The molecule has 0 radical (unpaired) electrons. The van der Waals surface area contributed by atoms with Gasteiger partial charge >= 0.3 is 0 Å². The van der Waals surface area contributed by atoms with Crippen molar-refractivity contribution in [2.75, 3.05) is 18.4 Å². The third-order valence-corrected chi connectivity index (χ3v) is 2.43. The minimum absolute atomic E-state index is 0. The second-order valence-corrected chi connectivity index (χ2v) is 4.33. The number of hydrogen-bond donors (Lipinski definition) is 3. The summed E-state index contributed by atoms with van der Waals surface area (Å²) in [6.07, 6.45) is 1.50. The van der Waals surface area contributed by atoms with Crippen LogP contribution in [0.4, 0.5) is 5.82 Å². The molecule has 0 saturated heterocycles. The monoisotopic (exact) mass is 348 g/mol. The van der Waals surface area contributed by atoms with Gasteiger partial charge in [0.15, 0.2) is 0 Å². The van der Waals surface area contributed by atoms with Gasteiger partial charge in [-0.25, -0.2) is 4.98 Å². The zero-order valence-corrected chi connectivity index (χ0v) is 13.3. The molecule has 0 aliphatic rings.